The van der Waals surface area contributed by atoms with Gasteiger partial charge in [0, 0.05) is 17.9 Å². The summed E-state index contributed by atoms with van der Waals surface area (Å²) < 4.78 is 0. The number of nitrogens with zero attached hydrogens (tertiary/aromatic N) is 1. The van der Waals surface area contributed by atoms with E-state index in [4.69, 9.17) is 11.5 Å². The van der Waals surface area contributed by atoms with Crippen LogP contribution in [0.1, 0.15) is 18.4 Å². The first-order valence-electron chi connectivity index (χ1n) is 5.12. The maximum atomic E-state index is 5.89. The normalized spacial score (nSPS) is 17.4. The molecule has 1 aromatic rings. The summed E-state index contributed by atoms with van der Waals surface area (Å²) in [6.07, 6.45) is 2.62. The average Bonchev–Trinajstić information content (AvgIpc) is 2.64. The fraction of sp³-hybridized carbons (Fsp3) is 0.455. The molecule has 0 bridgehead atoms. The van der Waals surface area contributed by atoms with E-state index in [2.05, 4.69) is 4.90 Å². The van der Waals surface area contributed by atoms with Crippen molar-refractivity contribution in [1.82, 2.24) is 4.90 Å². The number of rotatable bonds is 2. The minimum absolute atomic E-state index is 0.799. The number of benzene rings is 1. The molecule has 4 N–H and O–H groups in total. The SMILES string of the molecule is Nc1ccc(N)c(CN2CCCC2)c1. The van der Waals surface area contributed by atoms with E-state index in [0.717, 1.165) is 23.5 Å². The number of hydrogen-bond acceptors (Lipinski definition) is 3. The second kappa shape index (κ2) is 3.88. The van der Waals surface area contributed by atoms with Crippen LogP contribution in [0.4, 0.5) is 11.4 Å². The van der Waals surface area contributed by atoms with Gasteiger partial charge in [-0.2, -0.15) is 0 Å². The molecule has 1 saturated heterocycles. The molecule has 0 spiro atoms. The highest BCUT2D eigenvalue weighted by Gasteiger charge is 2.12. The topological polar surface area (TPSA) is 55.3 Å². The lowest BCUT2D eigenvalue weighted by atomic mass is 10.1. The molecule has 0 radical (unpaired) electrons. The molecule has 0 saturated carbocycles. The molecule has 14 heavy (non-hydrogen) atoms. The zero-order valence-electron chi connectivity index (χ0n) is 8.37. The van der Waals surface area contributed by atoms with E-state index in [1.165, 1.54) is 25.9 Å². The van der Waals surface area contributed by atoms with Crippen molar-refractivity contribution in [2.45, 2.75) is 19.4 Å². The van der Waals surface area contributed by atoms with Crippen LogP contribution in [0, 0.1) is 0 Å². The largest absolute Gasteiger partial charge is 0.399 e. The standard InChI is InChI=1S/C11H17N3/c12-10-3-4-11(13)9(7-10)8-14-5-1-2-6-14/h3-4,7H,1-2,5-6,8,12-13H2. The Hall–Kier alpha value is -1.22. The fourth-order valence-corrected chi connectivity index (χ4v) is 1.94. The Balaban J connectivity index is 2.10. The zero-order valence-corrected chi connectivity index (χ0v) is 8.37. The summed E-state index contributed by atoms with van der Waals surface area (Å²) in [5.41, 5.74) is 14.4. The summed E-state index contributed by atoms with van der Waals surface area (Å²) >= 11 is 0. The van der Waals surface area contributed by atoms with Gasteiger partial charge in [-0.15, -0.1) is 0 Å². The van der Waals surface area contributed by atoms with Crippen molar-refractivity contribution in [3.63, 3.8) is 0 Å². The lowest BCUT2D eigenvalue weighted by Gasteiger charge is -2.16. The molecule has 1 aromatic carbocycles. The Kier molecular flexibility index (Phi) is 2.59. The maximum absolute atomic E-state index is 5.89. The molecule has 3 nitrogen and oxygen atoms in total. The first-order chi connectivity index (χ1) is 6.75. The molecular weight excluding hydrogens is 174 g/mol. The highest BCUT2D eigenvalue weighted by molar-refractivity contribution is 5.55. The van der Waals surface area contributed by atoms with Crippen molar-refractivity contribution in [2.75, 3.05) is 24.6 Å². The van der Waals surface area contributed by atoms with Crippen LogP contribution >= 0.6 is 0 Å². The van der Waals surface area contributed by atoms with Crippen molar-refractivity contribution in [2.24, 2.45) is 0 Å². The van der Waals surface area contributed by atoms with Gasteiger partial charge in [0.05, 0.1) is 0 Å². The van der Waals surface area contributed by atoms with Crippen LogP contribution in [-0.2, 0) is 6.54 Å². The van der Waals surface area contributed by atoms with E-state index in [9.17, 15) is 0 Å². The molecule has 0 aromatic heterocycles. The van der Waals surface area contributed by atoms with Gasteiger partial charge in [0.1, 0.15) is 0 Å². The molecule has 3 heteroatoms. The van der Waals surface area contributed by atoms with Gasteiger partial charge >= 0.3 is 0 Å². The van der Waals surface area contributed by atoms with Gasteiger partial charge in [0.25, 0.3) is 0 Å². The Morgan fingerprint density at radius 2 is 1.86 bits per heavy atom. The predicted octanol–water partition coefficient (Wildman–Crippen LogP) is 1.45. The second-order valence-corrected chi connectivity index (χ2v) is 3.94. The van der Waals surface area contributed by atoms with Crippen LogP contribution in [0.2, 0.25) is 0 Å². The van der Waals surface area contributed by atoms with Crippen molar-refractivity contribution >= 4 is 11.4 Å². The zero-order chi connectivity index (χ0) is 9.97. The van der Waals surface area contributed by atoms with Crippen molar-refractivity contribution in [3.05, 3.63) is 23.8 Å². The van der Waals surface area contributed by atoms with Crippen LogP contribution in [0.25, 0.3) is 0 Å². The third-order valence-corrected chi connectivity index (χ3v) is 2.76. The van der Waals surface area contributed by atoms with Gasteiger partial charge in [-0.1, -0.05) is 0 Å². The van der Waals surface area contributed by atoms with Crippen LogP contribution in [0.5, 0.6) is 0 Å². The van der Waals surface area contributed by atoms with Crippen LogP contribution in [-0.4, -0.2) is 18.0 Å². The highest BCUT2D eigenvalue weighted by Crippen LogP contribution is 2.19. The number of nitrogens with two attached hydrogens (primary N) is 2. The summed E-state index contributed by atoms with van der Waals surface area (Å²) in [6, 6.07) is 5.72. The molecule has 1 heterocycles. The smallest absolute Gasteiger partial charge is 0.0361 e. The maximum Gasteiger partial charge on any atom is 0.0361 e. The minimum Gasteiger partial charge on any atom is -0.399 e. The van der Waals surface area contributed by atoms with E-state index in [0.29, 0.717) is 0 Å². The van der Waals surface area contributed by atoms with E-state index in [1.807, 2.05) is 18.2 Å². The molecule has 0 amide bonds. The Bertz CT molecular complexity index is 316. The number of likely N-dealkylation sites (tertiary alicyclic amines) is 1. The van der Waals surface area contributed by atoms with Crippen LogP contribution < -0.4 is 11.5 Å². The van der Waals surface area contributed by atoms with Crippen LogP contribution in [0.3, 0.4) is 0 Å². The van der Waals surface area contributed by atoms with Crippen molar-refractivity contribution < 1.29 is 0 Å². The summed E-state index contributed by atoms with van der Waals surface area (Å²) in [7, 11) is 0. The summed E-state index contributed by atoms with van der Waals surface area (Å²) in [4.78, 5) is 2.42. The lowest BCUT2D eigenvalue weighted by molar-refractivity contribution is 0.332. The molecular formula is C11H17N3. The average molecular weight is 191 g/mol. The first-order valence-corrected chi connectivity index (χ1v) is 5.12. The minimum atomic E-state index is 0.799. The molecule has 2 rings (SSSR count). The van der Waals surface area contributed by atoms with Gasteiger partial charge in [-0.3, -0.25) is 4.90 Å². The van der Waals surface area contributed by atoms with Gasteiger partial charge in [0.15, 0.2) is 0 Å². The first kappa shape index (κ1) is 9.34. The van der Waals surface area contributed by atoms with E-state index < -0.39 is 0 Å². The van der Waals surface area contributed by atoms with E-state index in [1.54, 1.807) is 0 Å². The molecule has 1 fully saturated rings. The number of hydrogen-bond donors (Lipinski definition) is 2. The molecule has 0 aliphatic carbocycles. The number of anilines is 2. The number of nitrogen functional groups attached to an aromatic ring is 2. The lowest BCUT2D eigenvalue weighted by Crippen LogP contribution is -2.19. The van der Waals surface area contributed by atoms with Crippen LogP contribution in [0.15, 0.2) is 18.2 Å². The van der Waals surface area contributed by atoms with Gasteiger partial charge in [-0.25, -0.2) is 0 Å². The highest BCUT2D eigenvalue weighted by atomic mass is 15.1. The molecule has 0 unspecified atom stereocenters. The monoisotopic (exact) mass is 191 g/mol. The van der Waals surface area contributed by atoms with Gasteiger partial charge in [-0.05, 0) is 49.7 Å². The molecule has 1 aliphatic heterocycles. The third kappa shape index (κ3) is 1.99. The molecule has 1 aliphatic rings. The Morgan fingerprint density at radius 1 is 1.14 bits per heavy atom. The second-order valence-electron chi connectivity index (χ2n) is 3.94. The fourth-order valence-electron chi connectivity index (χ4n) is 1.94. The third-order valence-electron chi connectivity index (χ3n) is 2.76. The summed E-state index contributed by atoms with van der Waals surface area (Å²) in [5.74, 6) is 0. The van der Waals surface area contributed by atoms with Gasteiger partial charge in [0.2, 0.25) is 0 Å². The van der Waals surface area contributed by atoms with E-state index >= 15 is 0 Å². The predicted molar refractivity (Wildman–Crippen MR) is 59.8 cm³/mol. The van der Waals surface area contributed by atoms with Crippen molar-refractivity contribution in [1.29, 1.82) is 0 Å². The Morgan fingerprint density at radius 3 is 2.57 bits per heavy atom. The molecule has 0 atom stereocenters. The summed E-state index contributed by atoms with van der Waals surface area (Å²) in [6.45, 7) is 3.32. The molecule has 76 valence electrons. The van der Waals surface area contributed by atoms with Crippen molar-refractivity contribution in [3.8, 4) is 0 Å². The van der Waals surface area contributed by atoms with E-state index in [-0.39, 0.29) is 0 Å². The summed E-state index contributed by atoms with van der Waals surface area (Å²) in [5, 5.41) is 0. The van der Waals surface area contributed by atoms with Gasteiger partial charge < -0.3 is 11.5 Å². The quantitative estimate of drug-likeness (QED) is 0.696. The Labute approximate surface area is 84.7 Å².